The number of nitro benzene ring substituents is 1. The van der Waals surface area contributed by atoms with Gasteiger partial charge in [0.05, 0.1) is 44.4 Å². The quantitative estimate of drug-likeness (QED) is 0.0810. The first-order valence-electron chi connectivity index (χ1n) is 15.4. The van der Waals surface area contributed by atoms with Crippen LogP contribution >= 0.6 is 62.2 Å². The van der Waals surface area contributed by atoms with Crippen LogP contribution in [-0.2, 0) is 9.53 Å². The summed E-state index contributed by atoms with van der Waals surface area (Å²) in [5.74, 6) is 0.265. The fourth-order valence-electron chi connectivity index (χ4n) is 5.53. The summed E-state index contributed by atoms with van der Waals surface area (Å²) in [4.78, 5) is 49.4. The number of hydrogen-bond donors (Lipinski definition) is 1. The lowest BCUT2D eigenvalue weighted by Gasteiger charge is -2.27. The number of methoxy groups -OCH3 is 1. The number of allylic oxidation sites excluding steroid dienone is 1. The van der Waals surface area contributed by atoms with Crippen molar-refractivity contribution >= 4 is 80.0 Å². The molecule has 1 N–H and O–H groups in total. The highest BCUT2D eigenvalue weighted by atomic mass is 79.9. The fraction of sp³-hybridized carbons (Fsp3) is 0.206. The Morgan fingerprint density at radius 2 is 1.98 bits per heavy atom. The van der Waals surface area contributed by atoms with Crippen molar-refractivity contribution in [2.24, 2.45) is 4.99 Å². The van der Waals surface area contributed by atoms with Gasteiger partial charge in [-0.3, -0.25) is 24.6 Å². The van der Waals surface area contributed by atoms with Crippen molar-refractivity contribution in [1.29, 1.82) is 0 Å². The predicted octanol–water partition coefficient (Wildman–Crippen LogP) is 7.50. The van der Waals surface area contributed by atoms with E-state index in [2.05, 4.69) is 31.1 Å². The normalized spacial score (nSPS) is 14.3. The molecule has 0 radical (unpaired) electrons. The van der Waals surface area contributed by atoms with Crippen molar-refractivity contribution in [2.45, 2.75) is 42.8 Å². The van der Waals surface area contributed by atoms with Gasteiger partial charge in [-0.25, -0.2) is 14.8 Å². The number of thiazole rings is 1. The number of nitrogens with one attached hydrogen (secondary N) is 1. The molecular formula is C34H27BrCl2N6O6S2. The number of rotatable bonds is 11. The maximum Gasteiger partial charge on any atom is 0.338 e. The molecule has 2 aromatic heterocycles. The molecule has 0 bridgehead atoms. The van der Waals surface area contributed by atoms with E-state index in [1.54, 1.807) is 61.5 Å². The Labute approximate surface area is 317 Å². The summed E-state index contributed by atoms with van der Waals surface area (Å²) in [5.41, 5.74) is 1.68. The Bertz CT molecular complexity index is 2410. The van der Waals surface area contributed by atoms with Crippen molar-refractivity contribution in [2.75, 3.05) is 13.7 Å². The number of aromatic nitrogens is 4. The van der Waals surface area contributed by atoms with E-state index in [1.807, 2.05) is 6.92 Å². The van der Waals surface area contributed by atoms with Gasteiger partial charge in [0.2, 0.25) is 5.16 Å². The lowest BCUT2D eigenvalue weighted by molar-refractivity contribution is -0.387. The van der Waals surface area contributed by atoms with Crippen molar-refractivity contribution in [3.05, 3.63) is 121 Å². The molecule has 1 aliphatic heterocycles. The first-order valence-corrected chi connectivity index (χ1v) is 18.6. The molecule has 3 heterocycles. The predicted molar refractivity (Wildman–Crippen MR) is 199 cm³/mol. The smallest absolute Gasteiger partial charge is 0.338 e. The standard InChI is InChI=1S/C34H27BrCl2N6O6S2/c1-4-6-23-28(32(45)49-5-2)29(21-15-18(35)8-11-25(21)48-3)42-31(44)27(51-34(42)38-23)14-17-7-12-26(24(13-17)43(46)47)50-33-39-30(40-41-33)20-10-9-19(36)16-22(20)37/h7-16,29H,4-6H2,1-3H3,(H,39,40,41)/b27-14-/t29-/m1/s1. The maximum absolute atomic E-state index is 14.2. The van der Waals surface area contributed by atoms with Crippen LogP contribution < -0.4 is 19.6 Å². The molecule has 6 rings (SSSR count). The van der Waals surface area contributed by atoms with E-state index in [-0.39, 0.29) is 32.5 Å². The second-order valence-corrected chi connectivity index (χ2v) is 14.8. The molecule has 12 nitrogen and oxygen atoms in total. The number of nitro groups is 1. The minimum Gasteiger partial charge on any atom is -0.496 e. The van der Waals surface area contributed by atoms with Crippen LogP contribution in [0.1, 0.15) is 43.9 Å². The Kier molecular flexibility index (Phi) is 11.1. The average Bonchev–Trinajstić information content (AvgIpc) is 3.68. The minimum atomic E-state index is -0.904. The number of hydrogen-bond acceptors (Lipinski definition) is 11. The summed E-state index contributed by atoms with van der Waals surface area (Å²) < 4.78 is 13.6. The zero-order valence-corrected chi connectivity index (χ0v) is 31.8. The summed E-state index contributed by atoms with van der Waals surface area (Å²) in [6, 6.07) is 14.0. The third-order valence-electron chi connectivity index (χ3n) is 7.71. The van der Waals surface area contributed by atoms with E-state index < -0.39 is 22.5 Å². The summed E-state index contributed by atoms with van der Waals surface area (Å²) in [5, 5.41) is 20.3. The number of carbonyl (C=O) groups excluding carboxylic acids is 1. The van der Waals surface area contributed by atoms with E-state index in [0.29, 0.717) is 61.6 Å². The molecule has 3 aromatic carbocycles. The third-order valence-corrected chi connectivity index (χ3v) is 10.7. The van der Waals surface area contributed by atoms with E-state index in [9.17, 15) is 19.7 Å². The Morgan fingerprint density at radius 1 is 1.18 bits per heavy atom. The number of nitrogens with zero attached hydrogens (tertiary/aromatic N) is 5. The monoisotopic (exact) mass is 828 g/mol. The molecule has 0 amide bonds. The van der Waals surface area contributed by atoms with Crippen LogP contribution in [0.5, 0.6) is 5.75 Å². The molecule has 0 spiro atoms. The average molecular weight is 831 g/mol. The summed E-state index contributed by atoms with van der Waals surface area (Å²) >= 11 is 18.0. The van der Waals surface area contributed by atoms with Crippen molar-refractivity contribution < 1.29 is 19.2 Å². The molecule has 17 heteroatoms. The van der Waals surface area contributed by atoms with E-state index in [1.165, 1.54) is 17.7 Å². The highest BCUT2D eigenvalue weighted by Gasteiger charge is 2.36. The van der Waals surface area contributed by atoms with Crippen LogP contribution in [0.4, 0.5) is 5.69 Å². The molecule has 262 valence electrons. The zero-order valence-electron chi connectivity index (χ0n) is 27.1. The van der Waals surface area contributed by atoms with Crippen LogP contribution in [0, 0.1) is 10.1 Å². The molecule has 51 heavy (non-hydrogen) atoms. The SMILES string of the molecule is CCCC1=C(C(=O)OCC)[C@@H](c2cc(Br)ccc2OC)n2c(s/c(=C\c3ccc(Sc4n[nH]c(-c5ccc(Cl)cc5Cl)n4)c([N+](=O)[O-])c3)c2=O)=N1. The Morgan fingerprint density at radius 3 is 2.69 bits per heavy atom. The molecule has 0 aliphatic carbocycles. The van der Waals surface area contributed by atoms with Gasteiger partial charge in [-0.2, -0.15) is 0 Å². The van der Waals surface area contributed by atoms with Crippen molar-refractivity contribution in [3.8, 4) is 17.1 Å². The Hall–Kier alpha value is -4.28. The van der Waals surface area contributed by atoms with E-state index in [0.717, 1.165) is 27.6 Å². The van der Waals surface area contributed by atoms with Crippen molar-refractivity contribution in [3.63, 3.8) is 0 Å². The number of esters is 1. The van der Waals surface area contributed by atoms with Gasteiger partial charge in [-0.05, 0) is 79.2 Å². The lowest BCUT2D eigenvalue weighted by Crippen LogP contribution is -2.40. The van der Waals surface area contributed by atoms with Gasteiger partial charge in [-0.15, -0.1) is 5.10 Å². The zero-order chi connectivity index (χ0) is 36.4. The van der Waals surface area contributed by atoms with Crippen LogP contribution in [0.15, 0.2) is 90.2 Å². The maximum atomic E-state index is 14.2. The van der Waals surface area contributed by atoms with Gasteiger partial charge in [0.25, 0.3) is 11.2 Å². The molecule has 0 unspecified atom stereocenters. The van der Waals surface area contributed by atoms with E-state index >= 15 is 0 Å². The molecule has 1 aliphatic rings. The van der Waals surface area contributed by atoms with Gasteiger partial charge in [0, 0.05) is 26.7 Å². The van der Waals surface area contributed by atoms with Gasteiger partial charge in [0.1, 0.15) is 11.8 Å². The van der Waals surface area contributed by atoms with Gasteiger partial charge in [0.15, 0.2) is 10.6 Å². The van der Waals surface area contributed by atoms with Crippen molar-refractivity contribution in [1.82, 2.24) is 19.7 Å². The highest BCUT2D eigenvalue weighted by Crippen LogP contribution is 2.39. The third kappa shape index (κ3) is 7.53. The van der Waals surface area contributed by atoms with E-state index in [4.69, 9.17) is 37.7 Å². The van der Waals surface area contributed by atoms with Crippen LogP contribution in [-0.4, -0.2) is 44.4 Å². The summed E-state index contributed by atoms with van der Waals surface area (Å²) in [6.07, 6.45) is 2.73. The minimum absolute atomic E-state index is 0.135. The number of ether oxygens (including phenoxy) is 2. The summed E-state index contributed by atoms with van der Waals surface area (Å²) in [7, 11) is 1.52. The fourth-order valence-corrected chi connectivity index (χ4v) is 8.23. The number of carbonyl (C=O) groups is 1. The first kappa shape index (κ1) is 36.5. The van der Waals surface area contributed by atoms with Gasteiger partial charge >= 0.3 is 5.97 Å². The molecular weight excluding hydrogens is 803 g/mol. The first-order chi connectivity index (χ1) is 24.5. The summed E-state index contributed by atoms with van der Waals surface area (Å²) in [6.45, 7) is 3.82. The Balaban J connectivity index is 1.43. The van der Waals surface area contributed by atoms with Crippen LogP contribution in [0.2, 0.25) is 10.0 Å². The van der Waals surface area contributed by atoms with Crippen LogP contribution in [0.3, 0.4) is 0 Å². The highest BCUT2D eigenvalue weighted by molar-refractivity contribution is 9.10. The number of fused-ring (bicyclic) bond motifs is 1. The topological polar surface area (TPSA) is 155 Å². The molecule has 0 saturated carbocycles. The second-order valence-electron chi connectivity index (χ2n) is 11.0. The molecule has 5 aromatic rings. The molecule has 0 fully saturated rings. The van der Waals surface area contributed by atoms with Crippen LogP contribution in [0.25, 0.3) is 17.5 Å². The van der Waals surface area contributed by atoms with Gasteiger partial charge in [-0.1, -0.05) is 69.9 Å². The largest absolute Gasteiger partial charge is 0.496 e. The number of halogens is 3. The number of benzene rings is 3. The molecule has 1 atom stereocenters. The number of H-pyrrole nitrogens is 1. The molecule has 0 saturated heterocycles. The lowest BCUT2D eigenvalue weighted by atomic mass is 9.93. The van der Waals surface area contributed by atoms with Gasteiger partial charge < -0.3 is 9.47 Å². The number of aromatic amines is 1. The second kappa shape index (κ2) is 15.5.